The van der Waals surface area contributed by atoms with Crippen LogP contribution in [0.15, 0.2) is 23.3 Å². The molecule has 2 aliphatic rings. The van der Waals surface area contributed by atoms with Gasteiger partial charge in [0.25, 0.3) is 11.5 Å². The fourth-order valence-electron chi connectivity index (χ4n) is 4.00. The normalized spacial score (nSPS) is 17.0. The number of aromatic nitrogens is 3. The smallest absolute Gasteiger partial charge is 0.276 e. The summed E-state index contributed by atoms with van der Waals surface area (Å²) in [5.74, 6) is 0.819. The number of carbonyl (C=O) groups excluding carboxylic acids is 1. The number of nitrogens with one attached hydrogen (secondary N) is 3. The molecule has 1 spiro atoms. The molecule has 0 unspecified atom stereocenters. The summed E-state index contributed by atoms with van der Waals surface area (Å²) in [6, 6.07) is 3.35. The van der Waals surface area contributed by atoms with Crippen LogP contribution in [0.2, 0.25) is 0 Å². The molecule has 9 nitrogen and oxygen atoms in total. The van der Waals surface area contributed by atoms with Gasteiger partial charge in [0, 0.05) is 12.6 Å². The maximum atomic E-state index is 13.2. The SMILES string of the molecule is Cc1cc(Nc2cc(NCCO)ncn2)c(=O)n2c1C(=O)NC21CCCC1. The zero-order chi connectivity index (χ0) is 19.0. The van der Waals surface area contributed by atoms with Crippen LogP contribution >= 0.6 is 0 Å². The van der Waals surface area contributed by atoms with Crippen LogP contribution in [0, 0.1) is 6.92 Å². The van der Waals surface area contributed by atoms with E-state index >= 15 is 0 Å². The van der Waals surface area contributed by atoms with E-state index in [1.54, 1.807) is 16.7 Å². The summed E-state index contributed by atoms with van der Waals surface area (Å²) in [5.41, 5.74) is 0.711. The average molecular weight is 370 g/mol. The van der Waals surface area contributed by atoms with Crippen LogP contribution in [-0.4, -0.2) is 38.7 Å². The van der Waals surface area contributed by atoms with E-state index < -0.39 is 5.66 Å². The Bertz CT molecular complexity index is 949. The van der Waals surface area contributed by atoms with Crippen molar-refractivity contribution in [3.05, 3.63) is 40.1 Å². The molecule has 4 rings (SSSR count). The third kappa shape index (κ3) is 2.93. The topological polar surface area (TPSA) is 121 Å². The Morgan fingerprint density at radius 3 is 2.70 bits per heavy atom. The Morgan fingerprint density at radius 1 is 1.22 bits per heavy atom. The number of aliphatic hydroxyl groups excluding tert-OH is 1. The number of rotatable bonds is 5. The minimum Gasteiger partial charge on any atom is -0.395 e. The van der Waals surface area contributed by atoms with Gasteiger partial charge >= 0.3 is 0 Å². The first-order valence-corrected chi connectivity index (χ1v) is 9.07. The summed E-state index contributed by atoms with van der Waals surface area (Å²) in [6.45, 7) is 2.19. The summed E-state index contributed by atoms with van der Waals surface area (Å²) in [4.78, 5) is 33.9. The quantitative estimate of drug-likeness (QED) is 0.621. The van der Waals surface area contributed by atoms with E-state index in [0.29, 0.717) is 29.6 Å². The predicted molar refractivity (Wildman–Crippen MR) is 100 cm³/mol. The maximum Gasteiger partial charge on any atom is 0.276 e. The zero-order valence-electron chi connectivity index (χ0n) is 15.1. The van der Waals surface area contributed by atoms with Crippen molar-refractivity contribution < 1.29 is 9.90 Å². The third-order valence-electron chi connectivity index (χ3n) is 5.16. The summed E-state index contributed by atoms with van der Waals surface area (Å²) in [5, 5.41) is 18.0. The number of hydrogen-bond acceptors (Lipinski definition) is 7. The second-order valence-electron chi connectivity index (χ2n) is 6.99. The molecular formula is C18H22N6O3. The average Bonchev–Trinajstić information content (AvgIpc) is 3.23. The molecule has 2 aromatic rings. The van der Waals surface area contributed by atoms with E-state index in [1.807, 2.05) is 6.92 Å². The van der Waals surface area contributed by atoms with E-state index in [9.17, 15) is 9.59 Å². The van der Waals surface area contributed by atoms with Crippen molar-refractivity contribution in [2.75, 3.05) is 23.8 Å². The van der Waals surface area contributed by atoms with E-state index in [2.05, 4.69) is 25.9 Å². The second kappa shape index (κ2) is 6.66. The van der Waals surface area contributed by atoms with Crippen LogP contribution in [0.4, 0.5) is 17.3 Å². The standard InChI is InChI=1S/C18H22N6O3/c1-11-8-12(22-14-9-13(19-6-7-25)20-10-21-14)17(27)24-15(11)16(26)23-18(24)4-2-3-5-18/h8-10,25H,2-7H2,1H3,(H,23,26)(H2,19,20,21,22). The van der Waals surface area contributed by atoms with Gasteiger partial charge in [-0.25, -0.2) is 9.97 Å². The van der Waals surface area contributed by atoms with Gasteiger partial charge in [0.15, 0.2) is 0 Å². The lowest BCUT2D eigenvalue weighted by Gasteiger charge is -2.26. The predicted octanol–water partition coefficient (Wildman–Crippen LogP) is 1.06. The Hall–Kier alpha value is -2.94. The Balaban J connectivity index is 1.73. The number of aliphatic hydroxyl groups is 1. The second-order valence-corrected chi connectivity index (χ2v) is 6.99. The van der Waals surface area contributed by atoms with Crippen LogP contribution in [0.5, 0.6) is 0 Å². The lowest BCUT2D eigenvalue weighted by atomic mass is 10.1. The molecule has 1 aliphatic heterocycles. The van der Waals surface area contributed by atoms with Gasteiger partial charge in [-0.2, -0.15) is 0 Å². The van der Waals surface area contributed by atoms with Crippen molar-refractivity contribution >= 4 is 23.2 Å². The van der Waals surface area contributed by atoms with Crippen molar-refractivity contribution in [1.29, 1.82) is 0 Å². The number of pyridine rings is 1. The van der Waals surface area contributed by atoms with Gasteiger partial charge in [-0.15, -0.1) is 0 Å². The lowest BCUT2D eigenvalue weighted by molar-refractivity contribution is 0.0920. The van der Waals surface area contributed by atoms with E-state index in [4.69, 9.17) is 5.11 Å². The summed E-state index contributed by atoms with van der Waals surface area (Å²) < 4.78 is 1.63. The highest BCUT2D eigenvalue weighted by Crippen LogP contribution is 2.38. The fraction of sp³-hybridized carbons (Fsp3) is 0.444. The van der Waals surface area contributed by atoms with Gasteiger partial charge in [-0.05, 0) is 44.2 Å². The molecular weight excluding hydrogens is 348 g/mol. The van der Waals surface area contributed by atoms with Crippen molar-refractivity contribution in [3.8, 4) is 0 Å². The highest BCUT2D eigenvalue weighted by Gasteiger charge is 2.46. The molecule has 9 heteroatoms. The molecule has 4 N–H and O–H groups in total. The molecule has 0 atom stereocenters. The number of carbonyl (C=O) groups is 1. The molecule has 1 amide bonds. The molecule has 27 heavy (non-hydrogen) atoms. The van der Waals surface area contributed by atoms with Crippen LogP contribution in [0.25, 0.3) is 0 Å². The molecule has 0 aromatic carbocycles. The molecule has 2 aromatic heterocycles. The molecule has 1 fully saturated rings. The highest BCUT2D eigenvalue weighted by atomic mass is 16.3. The van der Waals surface area contributed by atoms with Crippen LogP contribution in [0.3, 0.4) is 0 Å². The zero-order valence-corrected chi connectivity index (χ0v) is 15.1. The number of anilines is 3. The van der Waals surface area contributed by atoms with Gasteiger partial charge < -0.3 is 21.1 Å². The van der Waals surface area contributed by atoms with Gasteiger partial charge in [-0.1, -0.05) is 0 Å². The fourth-order valence-corrected chi connectivity index (χ4v) is 4.00. The number of hydrogen-bond donors (Lipinski definition) is 4. The minimum absolute atomic E-state index is 0.0127. The molecule has 0 saturated heterocycles. The first kappa shape index (κ1) is 17.5. The number of aryl methyl sites for hydroxylation is 1. The lowest BCUT2D eigenvalue weighted by Crippen LogP contribution is -2.45. The third-order valence-corrected chi connectivity index (χ3v) is 5.16. The first-order chi connectivity index (χ1) is 13.0. The molecule has 3 heterocycles. The Labute approximate surface area is 155 Å². The van der Waals surface area contributed by atoms with Gasteiger partial charge in [0.1, 0.15) is 35.0 Å². The summed E-state index contributed by atoms with van der Waals surface area (Å²) in [6.07, 6.45) is 4.86. The number of nitrogens with zero attached hydrogens (tertiary/aromatic N) is 3. The Morgan fingerprint density at radius 2 is 1.96 bits per heavy atom. The van der Waals surface area contributed by atoms with Crippen LogP contribution in [0.1, 0.15) is 41.7 Å². The molecule has 0 bridgehead atoms. The number of amides is 1. The molecule has 142 valence electrons. The maximum absolute atomic E-state index is 13.2. The van der Waals surface area contributed by atoms with Crippen molar-refractivity contribution in [1.82, 2.24) is 19.9 Å². The van der Waals surface area contributed by atoms with Gasteiger partial charge in [0.05, 0.1) is 6.61 Å². The van der Waals surface area contributed by atoms with Crippen molar-refractivity contribution in [2.24, 2.45) is 0 Å². The van der Waals surface area contributed by atoms with Crippen LogP contribution < -0.4 is 21.5 Å². The monoisotopic (exact) mass is 370 g/mol. The van der Waals surface area contributed by atoms with Crippen molar-refractivity contribution in [2.45, 2.75) is 38.3 Å². The van der Waals surface area contributed by atoms with Gasteiger partial charge in [0.2, 0.25) is 0 Å². The molecule has 1 saturated carbocycles. The molecule has 1 aliphatic carbocycles. The van der Waals surface area contributed by atoms with Crippen LogP contribution in [-0.2, 0) is 5.66 Å². The highest BCUT2D eigenvalue weighted by molar-refractivity contribution is 5.97. The number of fused-ring (bicyclic) bond motifs is 2. The van der Waals surface area contributed by atoms with E-state index in [0.717, 1.165) is 31.2 Å². The minimum atomic E-state index is -0.606. The molecule has 0 radical (unpaired) electrons. The van der Waals surface area contributed by atoms with E-state index in [-0.39, 0.29) is 18.1 Å². The summed E-state index contributed by atoms with van der Waals surface area (Å²) in [7, 11) is 0. The summed E-state index contributed by atoms with van der Waals surface area (Å²) >= 11 is 0. The van der Waals surface area contributed by atoms with Crippen molar-refractivity contribution in [3.63, 3.8) is 0 Å². The first-order valence-electron chi connectivity index (χ1n) is 9.07. The Kier molecular flexibility index (Phi) is 4.31. The van der Waals surface area contributed by atoms with Gasteiger partial charge in [-0.3, -0.25) is 14.2 Å². The van der Waals surface area contributed by atoms with E-state index in [1.165, 1.54) is 6.33 Å². The largest absolute Gasteiger partial charge is 0.395 e.